The highest BCUT2D eigenvalue weighted by Gasteiger charge is 1.58. The highest BCUT2D eigenvalue weighted by molar-refractivity contribution is 4.88. The summed E-state index contributed by atoms with van der Waals surface area (Å²) in [7, 11) is 0. The quantitative estimate of drug-likeness (QED) is 0.307. The van der Waals surface area contributed by atoms with E-state index in [-0.39, 0.29) is 0 Å². The van der Waals surface area contributed by atoms with E-state index in [0.29, 0.717) is 0 Å². The Labute approximate surface area is 53.2 Å². The van der Waals surface area contributed by atoms with Crippen molar-refractivity contribution in [3.05, 3.63) is 30.6 Å². The molecule has 9 heavy (non-hydrogen) atoms. The van der Waals surface area contributed by atoms with Crippen LogP contribution in [-0.4, -0.2) is 4.98 Å². The van der Waals surface area contributed by atoms with Gasteiger partial charge in [-0.05, 0) is 12.1 Å². The molecule has 1 aromatic rings. The summed E-state index contributed by atoms with van der Waals surface area (Å²) in [5.41, 5.74) is 5.61. The summed E-state index contributed by atoms with van der Waals surface area (Å²) in [5.74, 6) is 4.14. The van der Waals surface area contributed by atoms with Gasteiger partial charge in [-0.2, -0.15) is 5.53 Å². The average Bonchev–Trinajstić information content (AvgIpc) is 1.93. The zero-order chi connectivity index (χ0) is 6.95. The number of nitrogens with one attached hydrogen (secondary N) is 1. The summed E-state index contributed by atoms with van der Waals surface area (Å²) >= 11 is 0. The minimum absolute atomic E-state index is 1.75. The number of rotatable bonds is 0. The van der Waals surface area contributed by atoms with Crippen molar-refractivity contribution in [2.75, 3.05) is 0 Å². The predicted octanol–water partition coefficient (Wildman–Crippen LogP) is 0.973. The number of aromatic nitrogens is 1. The summed E-state index contributed by atoms with van der Waals surface area (Å²) in [6.45, 7) is 0. The minimum Gasteiger partial charge on any atom is -0.305 e. The number of nitrogens with two attached hydrogens (primary N) is 1. The summed E-state index contributed by atoms with van der Waals surface area (Å²) in [6, 6.07) is 5.72. The smallest absolute Gasteiger partial charge is 0.0267 e. The fraction of sp³-hybridized carbons (Fsp3) is 0. The lowest BCUT2D eigenvalue weighted by Crippen LogP contribution is -1.66. The lowest BCUT2D eigenvalue weighted by atomic mass is 10.5. The van der Waals surface area contributed by atoms with E-state index >= 15 is 0 Å². The van der Waals surface area contributed by atoms with Gasteiger partial charge in [0.1, 0.15) is 0 Å². The van der Waals surface area contributed by atoms with Crippen LogP contribution in [0.25, 0.3) is 0 Å². The second kappa shape index (κ2) is 6.55. The molecule has 3 N–H and O–H groups in total. The Hall–Kier alpha value is -1.45. The number of hydrogen-bond donors (Lipinski definition) is 2. The van der Waals surface area contributed by atoms with E-state index in [1.807, 2.05) is 18.2 Å². The average molecular weight is 124 g/mol. The van der Waals surface area contributed by atoms with Crippen LogP contribution in [0.5, 0.6) is 0 Å². The van der Waals surface area contributed by atoms with E-state index in [1.54, 1.807) is 12.4 Å². The standard InChI is InChI=1S/C5H5N.H3N3/c1-2-4-6-5-3-1;1-3-2/h1-5H;(H3,1,2). The zero-order valence-corrected chi connectivity index (χ0v) is 4.86. The molecule has 1 aromatic heterocycles. The number of pyridine rings is 1. The van der Waals surface area contributed by atoms with Crippen LogP contribution >= 0.6 is 0 Å². The Bertz CT molecular complexity index is 112. The van der Waals surface area contributed by atoms with Crippen LogP contribution in [0.1, 0.15) is 0 Å². The molecule has 0 saturated carbocycles. The van der Waals surface area contributed by atoms with Gasteiger partial charge in [0, 0.05) is 12.4 Å². The summed E-state index contributed by atoms with van der Waals surface area (Å²) in [5, 5.41) is 2.25. The van der Waals surface area contributed by atoms with Crippen molar-refractivity contribution in [2.45, 2.75) is 0 Å². The molecule has 0 spiro atoms. The molecule has 48 valence electrons. The molecule has 0 aliphatic heterocycles. The lowest BCUT2D eigenvalue weighted by molar-refractivity contribution is 0.991. The lowest BCUT2D eigenvalue weighted by Gasteiger charge is -1.70. The predicted molar refractivity (Wildman–Crippen MR) is 33.6 cm³/mol. The highest BCUT2D eigenvalue weighted by atomic mass is 15.2. The summed E-state index contributed by atoms with van der Waals surface area (Å²) in [4.78, 5) is 3.78. The molecule has 0 aromatic carbocycles. The fourth-order valence-electron chi connectivity index (χ4n) is 0.313. The highest BCUT2D eigenvalue weighted by Crippen LogP contribution is 1.73. The van der Waals surface area contributed by atoms with Crippen LogP contribution in [0.15, 0.2) is 35.8 Å². The SMILES string of the molecule is N=NN.c1ccncc1. The Morgan fingerprint density at radius 3 is 1.78 bits per heavy atom. The Kier molecular flexibility index (Phi) is 5.49. The molecule has 0 aliphatic rings. The van der Waals surface area contributed by atoms with E-state index < -0.39 is 0 Å². The van der Waals surface area contributed by atoms with Gasteiger partial charge in [-0.1, -0.05) is 11.3 Å². The van der Waals surface area contributed by atoms with Crippen molar-refractivity contribution in [3.8, 4) is 0 Å². The van der Waals surface area contributed by atoms with E-state index in [1.165, 1.54) is 0 Å². The Balaban J connectivity index is 0.000000187. The zero-order valence-electron chi connectivity index (χ0n) is 4.86. The molecule has 1 heterocycles. The van der Waals surface area contributed by atoms with Crippen LogP contribution in [0.3, 0.4) is 0 Å². The molecule has 0 amide bonds. The van der Waals surface area contributed by atoms with Gasteiger partial charge in [-0.15, -0.1) is 0 Å². The Morgan fingerprint density at radius 1 is 1.22 bits per heavy atom. The van der Waals surface area contributed by atoms with Gasteiger partial charge < -0.3 is 5.84 Å². The first-order chi connectivity index (χ1) is 4.41. The molecule has 0 aliphatic carbocycles. The number of nitrogens with zero attached hydrogens (tertiary/aromatic N) is 2. The van der Waals surface area contributed by atoms with E-state index in [9.17, 15) is 0 Å². The fourth-order valence-corrected chi connectivity index (χ4v) is 0.313. The van der Waals surface area contributed by atoms with Gasteiger partial charge >= 0.3 is 0 Å². The topological polar surface area (TPSA) is 75.1 Å². The van der Waals surface area contributed by atoms with E-state index in [2.05, 4.69) is 16.0 Å². The molecule has 4 nitrogen and oxygen atoms in total. The van der Waals surface area contributed by atoms with Crippen LogP contribution in [-0.2, 0) is 0 Å². The van der Waals surface area contributed by atoms with Crippen molar-refractivity contribution in [1.29, 1.82) is 5.53 Å². The molecule has 0 fully saturated rings. The van der Waals surface area contributed by atoms with Gasteiger partial charge in [0.2, 0.25) is 0 Å². The van der Waals surface area contributed by atoms with Crippen LogP contribution in [0, 0.1) is 5.53 Å². The summed E-state index contributed by atoms with van der Waals surface area (Å²) < 4.78 is 0. The van der Waals surface area contributed by atoms with Gasteiger partial charge in [0.05, 0.1) is 0 Å². The maximum Gasteiger partial charge on any atom is 0.0267 e. The molecule has 0 atom stereocenters. The molecule has 1 rings (SSSR count). The van der Waals surface area contributed by atoms with Crippen LogP contribution in [0.4, 0.5) is 0 Å². The second-order valence-corrected chi connectivity index (χ2v) is 1.15. The first-order valence-corrected chi connectivity index (χ1v) is 2.33. The van der Waals surface area contributed by atoms with E-state index in [0.717, 1.165) is 0 Å². The molecular weight excluding hydrogens is 116 g/mol. The van der Waals surface area contributed by atoms with Gasteiger partial charge in [-0.25, -0.2) is 0 Å². The first kappa shape index (κ1) is 7.55. The van der Waals surface area contributed by atoms with Crippen molar-refractivity contribution in [2.24, 2.45) is 11.1 Å². The third kappa shape index (κ3) is 6.55. The third-order valence-corrected chi connectivity index (χ3v) is 0.566. The molecule has 0 unspecified atom stereocenters. The van der Waals surface area contributed by atoms with Crippen molar-refractivity contribution in [1.82, 2.24) is 4.98 Å². The molecular formula is C5H8N4. The van der Waals surface area contributed by atoms with Crippen molar-refractivity contribution < 1.29 is 0 Å². The maximum absolute atomic E-state index is 5.61. The van der Waals surface area contributed by atoms with Crippen LogP contribution < -0.4 is 5.84 Å². The first-order valence-electron chi connectivity index (χ1n) is 2.33. The number of hydrogen-bond acceptors (Lipinski definition) is 3. The van der Waals surface area contributed by atoms with Crippen LogP contribution in [0.2, 0.25) is 0 Å². The van der Waals surface area contributed by atoms with Gasteiger partial charge in [0.25, 0.3) is 0 Å². The summed E-state index contributed by atoms with van der Waals surface area (Å²) in [6.07, 6.45) is 3.50. The normalized spacial score (nSPS) is 6.67. The second-order valence-electron chi connectivity index (χ2n) is 1.15. The largest absolute Gasteiger partial charge is 0.305 e. The minimum atomic E-state index is 1.75. The molecule has 4 heteroatoms. The van der Waals surface area contributed by atoms with E-state index in [4.69, 9.17) is 5.53 Å². The Morgan fingerprint density at radius 2 is 1.67 bits per heavy atom. The van der Waals surface area contributed by atoms with Crippen molar-refractivity contribution >= 4 is 0 Å². The molecule has 0 radical (unpaired) electrons. The van der Waals surface area contributed by atoms with Crippen molar-refractivity contribution in [3.63, 3.8) is 0 Å². The molecule has 0 saturated heterocycles. The van der Waals surface area contributed by atoms with Gasteiger partial charge in [0.15, 0.2) is 0 Å². The van der Waals surface area contributed by atoms with Gasteiger partial charge in [-0.3, -0.25) is 4.98 Å². The maximum atomic E-state index is 5.61. The third-order valence-electron chi connectivity index (χ3n) is 0.566. The molecule has 0 bridgehead atoms. The monoisotopic (exact) mass is 124 g/mol.